The Balaban J connectivity index is 1.78. The average molecular weight is 241 g/mol. The van der Waals surface area contributed by atoms with Crippen LogP contribution in [0.4, 0.5) is 4.39 Å². The monoisotopic (exact) mass is 240 g/mol. The normalized spacial score (nSPS) is 35.4. The zero-order valence-electron chi connectivity index (χ0n) is 8.89. The maximum atomic E-state index is 13.6. The Bertz CT molecular complexity index is 407. The summed E-state index contributed by atoms with van der Waals surface area (Å²) >= 11 is 6.02. The quantitative estimate of drug-likeness (QED) is 0.629. The molecule has 1 aromatic carbocycles. The average Bonchev–Trinajstić information content (AvgIpc) is 2.13. The summed E-state index contributed by atoms with van der Waals surface area (Å²) in [6.45, 7) is 0. The fraction of sp³-hybridized carbons (Fsp3) is 0.500. The highest BCUT2D eigenvalue weighted by Crippen LogP contribution is 2.68. The van der Waals surface area contributed by atoms with Gasteiger partial charge in [0, 0.05) is 16.1 Å². The van der Waals surface area contributed by atoms with E-state index in [1.54, 1.807) is 12.1 Å². The lowest BCUT2D eigenvalue weighted by atomic mass is 9.38. The third-order valence-corrected chi connectivity index (χ3v) is 4.41. The van der Waals surface area contributed by atoms with Crippen molar-refractivity contribution in [3.63, 3.8) is 0 Å². The molecule has 0 spiro atoms. The zero-order chi connectivity index (χ0) is 11.4. The van der Waals surface area contributed by atoms with E-state index in [1.165, 1.54) is 6.07 Å². The molecule has 0 saturated heterocycles. The van der Waals surface area contributed by atoms with Crippen LogP contribution >= 0.6 is 11.6 Å². The van der Waals surface area contributed by atoms with Gasteiger partial charge in [-0.25, -0.2) is 4.39 Å². The smallest absolute Gasteiger partial charge is 0.127 e. The standard InChI is InChI=1S/C12H14ClFN2/c13-9-2-1-3-10(14)8(9)4-11-5-12(6-11,7-11)16-15/h1-3,16H,4-7,15H2. The Kier molecular flexibility index (Phi) is 2.09. The van der Waals surface area contributed by atoms with E-state index in [0.717, 1.165) is 25.7 Å². The first kappa shape index (κ1) is 10.5. The Morgan fingerprint density at radius 3 is 2.62 bits per heavy atom. The van der Waals surface area contributed by atoms with Crippen molar-refractivity contribution in [1.29, 1.82) is 0 Å². The maximum absolute atomic E-state index is 13.6. The molecule has 0 unspecified atom stereocenters. The summed E-state index contributed by atoms with van der Waals surface area (Å²) in [6, 6.07) is 4.87. The molecule has 3 fully saturated rings. The highest BCUT2D eigenvalue weighted by Gasteiger charge is 2.67. The van der Waals surface area contributed by atoms with Crippen molar-refractivity contribution in [2.24, 2.45) is 11.3 Å². The van der Waals surface area contributed by atoms with Gasteiger partial charge in [0.25, 0.3) is 0 Å². The largest absolute Gasteiger partial charge is 0.271 e. The fourth-order valence-corrected chi connectivity index (χ4v) is 3.64. The fourth-order valence-electron chi connectivity index (χ4n) is 3.41. The Morgan fingerprint density at radius 1 is 1.38 bits per heavy atom. The van der Waals surface area contributed by atoms with Gasteiger partial charge in [-0.05, 0) is 43.2 Å². The first-order valence-electron chi connectivity index (χ1n) is 5.49. The van der Waals surface area contributed by atoms with Crippen LogP contribution in [0.1, 0.15) is 24.8 Å². The van der Waals surface area contributed by atoms with Crippen LogP contribution in [0.5, 0.6) is 0 Å². The molecule has 2 bridgehead atoms. The van der Waals surface area contributed by atoms with Crippen LogP contribution in [-0.4, -0.2) is 5.54 Å². The van der Waals surface area contributed by atoms with Crippen LogP contribution in [0.2, 0.25) is 5.02 Å². The second-order valence-electron chi connectivity index (χ2n) is 5.33. The lowest BCUT2D eigenvalue weighted by molar-refractivity contribution is -0.154. The van der Waals surface area contributed by atoms with E-state index < -0.39 is 0 Å². The molecule has 2 nitrogen and oxygen atoms in total. The van der Waals surface area contributed by atoms with Gasteiger partial charge < -0.3 is 0 Å². The van der Waals surface area contributed by atoms with Crippen molar-refractivity contribution in [2.75, 3.05) is 0 Å². The van der Waals surface area contributed by atoms with Crippen molar-refractivity contribution in [1.82, 2.24) is 5.43 Å². The summed E-state index contributed by atoms with van der Waals surface area (Å²) in [4.78, 5) is 0. The Labute approximate surface area is 98.9 Å². The van der Waals surface area contributed by atoms with Crippen LogP contribution in [-0.2, 0) is 6.42 Å². The molecule has 16 heavy (non-hydrogen) atoms. The molecule has 3 saturated carbocycles. The van der Waals surface area contributed by atoms with Crippen LogP contribution in [0, 0.1) is 11.2 Å². The van der Waals surface area contributed by atoms with Gasteiger partial charge in [-0.3, -0.25) is 11.3 Å². The molecule has 3 aliphatic rings. The molecule has 1 aromatic rings. The lowest BCUT2D eigenvalue weighted by Crippen LogP contribution is -2.75. The Hall–Kier alpha value is -0.640. The van der Waals surface area contributed by atoms with Gasteiger partial charge in [0.1, 0.15) is 5.82 Å². The summed E-state index contributed by atoms with van der Waals surface area (Å²) in [5.74, 6) is 5.28. The van der Waals surface area contributed by atoms with E-state index in [-0.39, 0.29) is 16.8 Å². The highest BCUT2D eigenvalue weighted by atomic mass is 35.5. The van der Waals surface area contributed by atoms with Crippen LogP contribution < -0.4 is 11.3 Å². The topological polar surface area (TPSA) is 38.0 Å². The Morgan fingerprint density at radius 2 is 2.06 bits per heavy atom. The summed E-state index contributed by atoms with van der Waals surface area (Å²) in [5.41, 5.74) is 3.92. The number of hydrogen-bond acceptors (Lipinski definition) is 2. The number of halogens is 2. The summed E-state index contributed by atoms with van der Waals surface area (Å²) in [5, 5.41) is 0.541. The molecule has 4 rings (SSSR count). The van der Waals surface area contributed by atoms with Crippen LogP contribution in [0.15, 0.2) is 18.2 Å². The van der Waals surface area contributed by atoms with Crippen molar-refractivity contribution >= 4 is 11.6 Å². The SMILES string of the molecule is NNC12CC(Cc3c(F)cccc3Cl)(C1)C2. The van der Waals surface area contributed by atoms with Gasteiger partial charge >= 0.3 is 0 Å². The van der Waals surface area contributed by atoms with Gasteiger partial charge in [0.2, 0.25) is 0 Å². The highest BCUT2D eigenvalue weighted by molar-refractivity contribution is 6.31. The minimum absolute atomic E-state index is 0.151. The molecule has 0 aromatic heterocycles. The van der Waals surface area contributed by atoms with E-state index in [0.29, 0.717) is 10.6 Å². The van der Waals surface area contributed by atoms with E-state index in [4.69, 9.17) is 17.4 Å². The second kappa shape index (κ2) is 3.19. The zero-order valence-corrected chi connectivity index (χ0v) is 9.65. The number of nitrogens with one attached hydrogen (secondary N) is 1. The summed E-state index contributed by atoms with van der Waals surface area (Å²) < 4.78 is 13.6. The van der Waals surface area contributed by atoms with E-state index in [9.17, 15) is 4.39 Å². The third-order valence-electron chi connectivity index (χ3n) is 4.06. The number of rotatable bonds is 3. The molecule has 0 amide bonds. The van der Waals surface area contributed by atoms with Gasteiger partial charge in [-0.1, -0.05) is 17.7 Å². The molecule has 0 radical (unpaired) electrons. The molecule has 4 heteroatoms. The van der Waals surface area contributed by atoms with Crippen molar-refractivity contribution < 1.29 is 4.39 Å². The van der Waals surface area contributed by atoms with Crippen LogP contribution in [0.3, 0.4) is 0 Å². The molecule has 0 atom stereocenters. The molecule has 0 aliphatic heterocycles. The molecule has 86 valence electrons. The van der Waals surface area contributed by atoms with Crippen LogP contribution in [0.25, 0.3) is 0 Å². The van der Waals surface area contributed by atoms with Gasteiger partial charge in [-0.2, -0.15) is 0 Å². The molecule has 0 heterocycles. The molecule has 3 N–H and O–H groups in total. The second-order valence-corrected chi connectivity index (χ2v) is 5.74. The van der Waals surface area contributed by atoms with E-state index >= 15 is 0 Å². The van der Waals surface area contributed by atoms with E-state index in [1.807, 2.05) is 0 Å². The number of hydrazine groups is 1. The molecular weight excluding hydrogens is 227 g/mol. The number of benzene rings is 1. The van der Waals surface area contributed by atoms with E-state index in [2.05, 4.69) is 5.43 Å². The molecular formula is C12H14ClFN2. The minimum atomic E-state index is -0.188. The lowest BCUT2D eigenvalue weighted by Gasteiger charge is -2.70. The number of nitrogens with two attached hydrogens (primary N) is 1. The number of hydrogen-bond donors (Lipinski definition) is 2. The predicted molar refractivity (Wildman–Crippen MR) is 61.5 cm³/mol. The minimum Gasteiger partial charge on any atom is -0.271 e. The van der Waals surface area contributed by atoms with Crippen molar-refractivity contribution in [2.45, 2.75) is 31.2 Å². The van der Waals surface area contributed by atoms with Gasteiger partial charge in [0.05, 0.1) is 0 Å². The third kappa shape index (κ3) is 1.32. The summed E-state index contributed by atoms with van der Waals surface area (Å²) in [6.07, 6.45) is 3.87. The summed E-state index contributed by atoms with van der Waals surface area (Å²) in [7, 11) is 0. The van der Waals surface area contributed by atoms with Gasteiger partial charge in [0.15, 0.2) is 0 Å². The first-order chi connectivity index (χ1) is 7.58. The van der Waals surface area contributed by atoms with Crippen molar-refractivity contribution in [3.8, 4) is 0 Å². The molecule has 3 aliphatic carbocycles. The predicted octanol–water partition coefficient (Wildman–Crippen LogP) is 2.41. The first-order valence-corrected chi connectivity index (χ1v) is 5.87. The van der Waals surface area contributed by atoms with Crippen molar-refractivity contribution in [3.05, 3.63) is 34.6 Å². The maximum Gasteiger partial charge on any atom is 0.127 e. The van der Waals surface area contributed by atoms with Gasteiger partial charge in [-0.15, -0.1) is 0 Å².